The Morgan fingerprint density at radius 3 is 2.21 bits per heavy atom. The van der Waals surface area contributed by atoms with Gasteiger partial charge in [-0.1, -0.05) is 18.2 Å². The number of methoxy groups -OCH3 is 2. The van der Waals surface area contributed by atoms with Gasteiger partial charge in [0, 0.05) is 32.9 Å². The standard InChI is InChI=1S/C22H32N4O2/c1-6-23-22(25-16-18-7-10-19(11-8-18)26(2)3)24-14-13-17-9-12-20(27-4)21(15-17)28-5/h7-12,15H,6,13-14,16H2,1-5H3,(H2,23,24,25). The molecule has 0 amide bonds. The first-order valence-electron chi connectivity index (χ1n) is 9.56. The first-order valence-corrected chi connectivity index (χ1v) is 9.56. The van der Waals surface area contributed by atoms with E-state index in [1.54, 1.807) is 14.2 Å². The topological polar surface area (TPSA) is 58.1 Å². The normalized spacial score (nSPS) is 11.1. The van der Waals surface area contributed by atoms with Crippen molar-refractivity contribution in [1.29, 1.82) is 0 Å². The fourth-order valence-electron chi connectivity index (χ4n) is 2.77. The summed E-state index contributed by atoms with van der Waals surface area (Å²) in [7, 11) is 7.38. The van der Waals surface area contributed by atoms with Crippen LogP contribution >= 0.6 is 0 Å². The Balaban J connectivity index is 1.92. The summed E-state index contributed by atoms with van der Waals surface area (Å²) >= 11 is 0. The highest BCUT2D eigenvalue weighted by Gasteiger charge is 2.05. The third-order valence-electron chi connectivity index (χ3n) is 4.37. The predicted octanol–water partition coefficient (Wildman–Crippen LogP) is 3.07. The quantitative estimate of drug-likeness (QED) is 0.514. The van der Waals surface area contributed by atoms with Gasteiger partial charge in [-0.15, -0.1) is 0 Å². The van der Waals surface area contributed by atoms with Crippen LogP contribution in [0.5, 0.6) is 11.5 Å². The number of guanidine groups is 1. The second kappa shape index (κ2) is 11.1. The van der Waals surface area contributed by atoms with Crippen molar-refractivity contribution in [2.75, 3.05) is 46.3 Å². The third-order valence-corrected chi connectivity index (χ3v) is 4.37. The van der Waals surface area contributed by atoms with Gasteiger partial charge in [-0.05, 0) is 48.7 Å². The summed E-state index contributed by atoms with van der Waals surface area (Å²) < 4.78 is 10.7. The van der Waals surface area contributed by atoms with Gasteiger partial charge in [0.2, 0.25) is 0 Å². The molecule has 152 valence electrons. The number of hydrogen-bond acceptors (Lipinski definition) is 4. The predicted molar refractivity (Wildman–Crippen MR) is 117 cm³/mol. The number of benzene rings is 2. The van der Waals surface area contributed by atoms with Crippen molar-refractivity contribution >= 4 is 11.6 Å². The molecule has 0 fully saturated rings. The zero-order chi connectivity index (χ0) is 20.4. The molecule has 6 nitrogen and oxygen atoms in total. The van der Waals surface area contributed by atoms with Crippen molar-refractivity contribution in [3.05, 3.63) is 53.6 Å². The van der Waals surface area contributed by atoms with E-state index < -0.39 is 0 Å². The van der Waals surface area contributed by atoms with E-state index in [0.717, 1.165) is 37.0 Å². The van der Waals surface area contributed by atoms with Crippen LogP contribution in [0.2, 0.25) is 0 Å². The lowest BCUT2D eigenvalue weighted by molar-refractivity contribution is 0.354. The number of anilines is 1. The van der Waals surface area contributed by atoms with Gasteiger partial charge < -0.3 is 25.0 Å². The maximum absolute atomic E-state index is 5.37. The highest BCUT2D eigenvalue weighted by atomic mass is 16.5. The molecule has 0 aliphatic heterocycles. The molecule has 0 saturated carbocycles. The van der Waals surface area contributed by atoms with Crippen LogP contribution in [-0.4, -0.2) is 47.4 Å². The maximum Gasteiger partial charge on any atom is 0.191 e. The summed E-state index contributed by atoms with van der Waals surface area (Å²) in [5.41, 5.74) is 3.55. The minimum absolute atomic E-state index is 0.638. The van der Waals surface area contributed by atoms with Gasteiger partial charge in [-0.2, -0.15) is 0 Å². The van der Waals surface area contributed by atoms with E-state index in [9.17, 15) is 0 Å². The lowest BCUT2D eigenvalue weighted by Crippen LogP contribution is -2.38. The summed E-state index contributed by atoms with van der Waals surface area (Å²) in [4.78, 5) is 6.78. The van der Waals surface area contributed by atoms with Crippen molar-refractivity contribution < 1.29 is 9.47 Å². The Morgan fingerprint density at radius 2 is 1.61 bits per heavy atom. The zero-order valence-corrected chi connectivity index (χ0v) is 17.6. The molecule has 0 aliphatic carbocycles. The number of nitrogens with zero attached hydrogens (tertiary/aromatic N) is 2. The molecule has 0 bridgehead atoms. The molecule has 6 heteroatoms. The molecule has 0 radical (unpaired) electrons. The molecule has 0 saturated heterocycles. The van der Waals surface area contributed by atoms with Crippen LogP contribution < -0.4 is 25.0 Å². The van der Waals surface area contributed by atoms with Crippen molar-refractivity contribution in [2.24, 2.45) is 4.99 Å². The molecular weight excluding hydrogens is 352 g/mol. The lowest BCUT2D eigenvalue weighted by atomic mass is 10.1. The summed E-state index contributed by atoms with van der Waals surface area (Å²) in [6.07, 6.45) is 0.863. The van der Waals surface area contributed by atoms with Gasteiger partial charge in [0.05, 0.1) is 20.8 Å². The highest BCUT2D eigenvalue weighted by Crippen LogP contribution is 2.27. The van der Waals surface area contributed by atoms with E-state index in [0.29, 0.717) is 6.54 Å². The second-order valence-electron chi connectivity index (χ2n) is 6.62. The van der Waals surface area contributed by atoms with Crippen LogP contribution in [0.15, 0.2) is 47.5 Å². The molecule has 0 aromatic heterocycles. The summed E-state index contributed by atoms with van der Waals surface area (Å²) in [6.45, 7) is 4.31. The Morgan fingerprint density at radius 1 is 0.929 bits per heavy atom. The third kappa shape index (κ3) is 6.37. The Labute approximate surface area is 168 Å². The smallest absolute Gasteiger partial charge is 0.191 e. The van der Waals surface area contributed by atoms with Crippen LogP contribution in [-0.2, 0) is 13.0 Å². The largest absolute Gasteiger partial charge is 0.493 e. The first kappa shape index (κ1) is 21.4. The van der Waals surface area contributed by atoms with Crippen LogP contribution in [0, 0.1) is 0 Å². The van der Waals surface area contributed by atoms with Crippen LogP contribution in [0.25, 0.3) is 0 Å². The van der Waals surface area contributed by atoms with Gasteiger partial charge in [0.1, 0.15) is 0 Å². The molecule has 0 atom stereocenters. The Kier molecular flexibility index (Phi) is 8.46. The van der Waals surface area contributed by atoms with Gasteiger partial charge in [-0.25, -0.2) is 4.99 Å². The van der Waals surface area contributed by atoms with Crippen LogP contribution in [0.3, 0.4) is 0 Å². The van der Waals surface area contributed by atoms with E-state index in [1.165, 1.54) is 16.8 Å². The number of hydrogen-bond donors (Lipinski definition) is 2. The molecular formula is C22H32N4O2. The van der Waals surface area contributed by atoms with Gasteiger partial charge >= 0.3 is 0 Å². The molecule has 2 aromatic rings. The van der Waals surface area contributed by atoms with E-state index in [1.807, 2.05) is 26.2 Å². The first-order chi connectivity index (χ1) is 13.6. The van der Waals surface area contributed by atoms with Gasteiger partial charge in [0.25, 0.3) is 0 Å². The number of nitrogens with one attached hydrogen (secondary N) is 2. The average molecular weight is 385 g/mol. The minimum atomic E-state index is 0.638. The molecule has 2 N–H and O–H groups in total. The monoisotopic (exact) mass is 384 g/mol. The zero-order valence-electron chi connectivity index (χ0n) is 17.6. The van der Waals surface area contributed by atoms with E-state index in [2.05, 4.69) is 57.8 Å². The lowest BCUT2D eigenvalue weighted by Gasteiger charge is -2.14. The summed E-state index contributed by atoms with van der Waals surface area (Å²) in [5.74, 6) is 2.32. The second-order valence-corrected chi connectivity index (χ2v) is 6.62. The number of aliphatic imine (C=N–C) groups is 1. The fraction of sp³-hybridized carbons (Fsp3) is 0.409. The molecule has 0 unspecified atom stereocenters. The Bertz CT molecular complexity index is 758. The van der Waals surface area contributed by atoms with E-state index in [4.69, 9.17) is 9.47 Å². The molecule has 0 aliphatic rings. The van der Waals surface area contributed by atoms with Crippen molar-refractivity contribution in [2.45, 2.75) is 19.9 Å². The summed E-state index contributed by atoms with van der Waals surface area (Å²) in [5, 5.41) is 6.69. The molecule has 0 spiro atoms. The molecule has 2 aromatic carbocycles. The number of ether oxygens (including phenoxy) is 2. The van der Waals surface area contributed by atoms with Crippen LogP contribution in [0.1, 0.15) is 18.1 Å². The SMILES string of the molecule is CCNC(=NCc1ccc(N(C)C)cc1)NCCc1ccc(OC)c(OC)c1. The van der Waals surface area contributed by atoms with Gasteiger partial charge in [-0.3, -0.25) is 0 Å². The molecule has 28 heavy (non-hydrogen) atoms. The van der Waals surface area contributed by atoms with Gasteiger partial charge in [0.15, 0.2) is 17.5 Å². The maximum atomic E-state index is 5.37. The Hall–Kier alpha value is -2.89. The van der Waals surface area contributed by atoms with Crippen molar-refractivity contribution in [3.8, 4) is 11.5 Å². The molecule has 0 heterocycles. The number of rotatable bonds is 9. The highest BCUT2D eigenvalue weighted by molar-refractivity contribution is 5.79. The molecule has 2 rings (SSSR count). The van der Waals surface area contributed by atoms with Crippen molar-refractivity contribution in [3.63, 3.8) is 0 Å². The van der Waals surface area contributed by atoms with E-state index >= 15 is 0 Å². The minimum Gasteiger partial charge on any atom is -0.493 e. The summed E-state index contributed by atoms with van der Waals surface area (Å²) in [6, 6.07) is 14.5. The fourth-order valence-corrected chi connectivity index (χ4v) is 2.77. The van der Waals surface area contributed by atoms with Crippen LogP contribution in [0.4, 0.5) is 5.69 Å². The average Bonchev–Trinajstić information content (AvgIpc) is 2.72. The van der Waals surface area contributed by atoms with Crippen molar-refractivity contribution in [1.82, 2.24) is 10.6 Å². The van der Waals surface area contributed by atoms with E-state index in [-0.39, 0.29) is 0 Å².